The predicted octanol–water partition coefficient (Wildman–Crippen LogP) is 1.80. The zero-order chi connectivity index (χ0) is 11.2. The largest absolute Gasteiger partial charge is 0.437 e. The van der Waals surface area contributed by atoms with Gasteiger partial charge in [0.15, 0.2) is 0 Å². The Labute approximate surface area is 93.5 Å². The van der Waals surface area contributed by atoms with Crippen molar-refractivity contribution in [2.24, 2.45) is 0 Å². The molecule has 0 atom stereocenters. The Kier molecular flexibility index (Phi) is 3.46. The van der Waals surface area contributed by atoms with E-state index < -0.39 is 0 Å². The van der Waals surface area contributed by atoms with E-state index in [1.54, 1.807) is 18.3 Å². The third-order valence-corrected chi connectivity index (χ3v) is 2.12. The van der Waals surface area contributed by atoms with Crippen LogP contribution in [0.1, 0.15) is 5.56 Å². The molecule has 2 rings (SSSR count). The highest BCUT2D eigenvalue weighted by Gasteiger charge is 2.04. The molecule has 0 aliphatic carbocycles. The molecule has 0 bridgehead atoms. The molecule has 0 amide bonds. The maximum atomic E-state index is 8.93. The molecule has 1 heterocycles. The van der Waals surface area contributed by atoms with Crippen LogP contribution in [-0.4, -0.2) is 21.9 Å². The lowest BCUT2D eigenvalue weighted by Gasteiger charge is -2.08. The molecule has 0 aliphatic heterocycles. The van der Waals surface area contributed by atoms with Crippen LogP contribution >= 0.6 is 0 Å². The van der Waals surface area contributed by atoms with Gasteiger partial charge in [-0.25, -0.2) is 0 Å². The summed E-state index contributed by atoms with van der Waals surface area (Å²) in [5.41, 5.74) is 0.954. The van der Waals surface area contributed by atoms with Crippen molar-refractivity contribution in [2.75, 3.05) is 6.61 Å². The van der Waals surface area contributed by atoms with Crippen LogP contribution in [0.2, 0.25) is 0 Å². The van der Waals surface area contributed by atoms with Gasteiger partial charge in [0, 0.05) is 18.9 Å². The highest BCUT2D eigenvalue weighted by molar-refractivity contribution is 5.35. The van der Waals surface area contributed by atoms with E-state index in [1.807, 2.05) is 24.3 Å². The molecule has 0 radical (unpaired) electrons. The second-order valence-electron chi connectivity index (χ2n) is 3.25. The Bertz CT molecular complexity index is 446. The Balaban J connectivity index is 2.21. The van der Waals surface area contributed by atoms with Crippen LogP contribution in [0.4, 0.5) is 0 Å². The van der Waals surface area contributed by atoms with Gasteiger partial charge < -0.3 is 9.84 Å². The highest BCUT2D eigenvalue weighted by atomic mass is 16.5. The molecule has 1 aromatic carbocycles. The second kappa shape index (κ2) is 5.23. The van der Waals surface area contributed by atoms with Crippen LogP contribution in [0.25, 0.3) is 0 Å². The first-order valence-electron chi connectivity index (χ1n) is 5.04. The van der Waals surface area contributed by atoms with Crippen LogP contribution < -0.4 is 4.74 Å². The summed E-state index contributed by atoms with van der Waals surface area (Å²) < 4.78 is 5.58. The van der Waals surface area contributed by atoms with Crippen LogP contribution in [0.15, 0.2) is 42.6 Å². The van der Waals surface area contributed by atoms with E-state index >= 15 is 0 Å². The minimum atomic E-state index is 0.0981. The van der Waals surface area contributed by atoms with Crippen molar-refractivity contribution in [2.45, 2.75) is 6.42 Å². The highest BCUT2D eigenvalue weighted by Crippen LogP contribution is 2.23. The number of hydrogen-bond donors (Lipinski definition) is 1. The maximum Gasteiger partial charge on any atom is 0.238 e. The fraction of sp³-hybridized carbons (Fsp3) is 0.167. The van der Waals surface area contributed by atoms with Gasteiger partial charge in [-0.2, -0.15) is 5.10 Å². The Morgan fingerprint density at radius 3 is 2.75 bits per heavy atom. The third-order valence-electron chi connectivity index (χ3n) is 2.12. The monoisotopic (exact) mass is 216 g/mol. The fourth-order valence-electron chi connectivity index (χ4n) is 1.38. The summed E-state index contributed by atoms with van der Waals surface area (Å²) in [4.78, 5) is 0. The smallest absolute Gasteiger partial charge is 0.238 e. The lowest BCUT2D eigenvalue weighted by atomic mass is 10.1. The van der Waals surface area contributed by atoms with Crippen molar-refractivity contribution in [3.63, 3.8) is 0 Å². The molecule has 16 heavy (non-hydrogen) atoms. The van der Waals surface area contributed by atoms with E-state index in [4.69, 9.17) is 9.84 Å². The van der Waals surface area contributed by atoms with Gasteiger partial charge in [0.1, 0.15) is 5.75 Å². The molecule has 0 unspecified atom stereocenters. The first-order chi connectivity index (χ1) is 7.90. The number of nitrogens with zero attached hydrogens (tertiary/aromatic N) is 2. The number of benzene rings is 1. The van der Waals surface area contributed by atoms with E-state index in [-0.39, 0.29) is 6.61 Å². The predicted molar refractivity (Wildman–Crippen MR) is 59.3 cm³/mol. The zero-order valence-electron chi connectivity index (χ0n) is 8.71. The van der Waals surface area contributed by atoms with Gasteiger partial charge in [-0.1, -0.05) is 18.2 Å². The van der Waals surface area contributed by atoms with E-state index in [9.17, 15) is 0 Å². The van der Waals surface area contributed by atoms with Crippen LogP contribution in [-0.2, 0) is 6.42 Å². The van der Waals surface area contributed by atoms with Gasteiger partial charge in [0.05, 0.1) is 0 Å². The molecule has 0 fully saturated rings. The van der Waals surface area contributed by atoms with Gasteiger partial charge >= 0.3 is 0 Å². The number of rotatable bonds is 4. The van der Waals surface area contributed by atoms with E-state index in [0.29, 0.717) is 18.1 Å². The summed E-state index contributed by atoms with van der Waals surface area (Å²) in [6.45, 7) is 0.0981. The molecule has 1 N–H and O–H groups in total. The van der Waals surface area contributed by atoms with Crippen molar-refractivity contribution >= 4 is 0 Å². The average Bonchev–Trinajstić information content (AvgIpc) is 2.33. The molecular weight excluding hydrogens is 204 g/mol. The second-order valence-corrected chi connectivity index (χ2v) is 3.25. The number of para-hydroxylation sites is 1. The quantitative estimate of drug-likeness (QED) is 0.846. The molecule has 0 saturated carbocycles. The topological polar surface area (TPSA) is 55.2 Å². The molecule has 4 nitrogen and oxygen atoms in total. The van der Waals surface area contributed by atoms with Crippen molar-refractivity contribution in [3.8, 4) is 11.6 Å². The van der Waals surface area contributed by atoms with Crippen LogP contribution in [0.3, 0.4) is 0 Å². The standard InChI is InChI=1S/C12H12N2O2/c15-9-7-10-4-1-2-5-11(10)16-12-6-3-8-13-14-12/h1-6,8,15H,7,9H2. The number of ether oxygens (including phenoxy) is 1. The molecule has 1 aromatic heterocycles. The third kappa shape index (κ3) is 2.55. The van der Waals surface area contributed by atoms with E-state index in [2.05, 4.69) is 10.2 Å². The van der Waals surface area contributed by atoms with Crippen molar-refractivity contribution < 1.29 is 9.84 Å². The average molecular weight is 216 g/mol. The number of aromatic nitrogens is 2. The first kappa shape index (κ1) is 10.6. The van der Waals surface area contributed by atoms with E-state index in [0.717, 1.165) is 5.56 Å². The van der Waals surface area contributed by atoms with Gasteiger partial charge in [-0.15, -0.1) is 5.10 Å². The van der Waals surface area contributed by atoms with Gasteiger partial charge in [-0.05, 0) is 24.1 Å². The fourth-order valence-corrected chi connectivity index (χ4v) is 1.38. The molecule has 0 spiro atoms. The Morgan fingerprint density at radius 1 is 1.12 bits per heavy atom. The molecule has 4 heteroatoms. The minimum absolute atomic E-state index is 0.0981. The summed E-state index contributed by atoms with van der Waals surface area (Å²) in [6, 6.07) is 11.1. The Hall–Kier alpha value is -1.94. The van der Waals surface area contributed by atoms with E-state index in [1.165, 1.54) is 0 Å². The van der Waals surface area contributed by atoms with Crippen LogP contribution in [0.5, 0.6) is 11.6 Å². The summed E-state index contributed by atoms with van der Waals surface area (Å²) >= 11 is 0. The lowest BCUT2D eigenvalue weighted by Crippen LogP contribution is -1.96. The van der Waals surface area contributed by atoms with Crippen molar-refractivity contribution in [1.82, 2.24) is 10.2 Å². The summed E-state index contributed by atoms with van der Waals surface area (Å²) in [6.07, 6.45) is 2.16. The number of hydrogen-bond acceptors (Lipinski definition) is 4. The van der Waals surface area contributed by atoms with Gasteiger partial charge in [0.2, 0.25) is 5.88 Å². The molecular formula is C12H12N2O2. The normalized spacial score (nSPS) is 10.1. The lowest BCUT2D eigenvalue weighted by molar-refractivity contribution is 0.297. The zero-order valence-corrected chi connectivity index (χ0v) is 8.71. The molecule has 82 valence electrons. The molecule has 2 aromatic rings. The van der Waals surface area contributed by atoms with Crippen molar-refractivity contribution in [1.29, 1.82) is 0 Å². The molecule has 0 aliphatic rings. The summed E-state index contributed by atoms with van der Waals surface area (Å²) in [7, 11) is 0. The SMILES string of the molecule is OCCc1ccccc1Oc1cccnn1. The first-order valence-corrected chi connectivity index (χ1v) is 5.04. The number of aliphatic hydroxyl groups excluding tert-OH is 1. The van der Waals surface area contributed by atoms with Gasteiger partial charge in [0.25, 0.3) is 0 Å². The van der Waals surface area contributed by atoms with Gasteiger partial charge in [-0.3, -0.25) is 0 Å². The Morgan fingerprint density at radius 2 is 2.00 bits per heavy atom. The minimum Gasteiger partial charge on any atom is -0.437 e. The summed E-state index contributed by atoms with van der Waals surface area (Å²) in [5, 5.41) is 16.5. The number of aliphatic hydroxyl groups is 1. The van der Waals surface area contributed by atoms with Crippen molar-refractivity contribution in [3.05, 3.63) is 48.2 Å². The maximum absolute atomic E-state index is 8.93. The summed E-state index contributed by atoms with van der Waals surface area (Å²) in [5.74, 6) is 1.16. The molecule has 0 saturated heterocycles. The van der Waals surface area contributed by atoms with Crippen LogP contribution in [0, 0.1) is 0 Å².